The van der Waals surface area contributed by atoms with Crippen LogP contribution in [0.3, 0.4) is 0 Å². The Labute approximate surface area is 195 Å². The molecule has 0 spiro atoms. The molecular formula is C20H23F3N4O5S2. The van der Waals surface area contributed by atoms with Crippen LogP contribution in [0.5, 0.6) is 0 Å². The lowest BCUT2D eigenvalue weighted by atomic mass is 10.1. The van der Waals surface area contributed by atoms with E-state index < -0.39 is 59.5 Å². The van der Waals surface area contributed by atoms with Gasteiger partial charge in [0.05, 0.1) is 5.75 Å². The number of anilines is 1. The number of sulfonamides is 2. The Kier molecular flexibility index (Phi) is 6.07. The highest BCUT2D eigenvalue weighted by Crippen LogP contribution is 2.51. The van der Waals surface area contributed by atoms with Crippen LogP contribution in [0.1, 0.15) is 30.3 Å². The van der Waals surface area contributed by atoms with Gasteiger partial charge in [-0.2, -0.15) is 0 Å². The third-order valence-electron chi connectivity index (χ3n) is 6.33. The maximum absolute atomic E-state index is 15.1. The number of aryl methyl sites for hydroxylation is 1. The number of hydrogen-bond acceptors (Lipinski definition) is 5. The summed E-state index contributed by atoms with van der Waals surface area (Å²) in [6.07, 6.45) is 1.61. The first-order valence-corrected chi connectivity index (χ1v) is 13.5. The topological polar surface area (TPSA) is 118 Å². The molecule has 0 bridgehead atoms. The van der Waals surface area contributed by atoms with E-state index in [4.69, 9.17) is 0 Å². The summed E-state index contributed by atoms with van der Waals surface area (Å²) in [4.78, 5) is 11.8. The molecule has 2 unspecified atom stereocenters. The largest absolute Gasteiger partial charge is 0.343 e. The number of halogens is 3. The Hall–Kier alpha value is -2.42. The van der Waals surface area contributed by atoms with Crippen LogP contribution in [0.4, 0.5) is 18.9 Å². The maximum Gasteiger partial charge on any atom is 0.275 e. The standard InChI is InChI=1S/C20H23F3N4O5S2/c1-3-33(29,30)27-7-6-20(9-12(20)10-27)25-34(31,32)16-11-26(2)18(17(16)23)19(28)24-13-4-5-14(21)15(22)8-13/h4-5,8,11-12,25H,3,6-7,9-10H2,1-2H3,(H,24,28). The molecule has 34 heavy (non-hydrogen) atoms. The van der Waals surface area contributed by atoms with Crippen molar-refractivity contribution in [2.75, 3.05) is 24.2 Å². The van der Waals surface area contributed by atoms with Gasteiger partial charge in [-0.1, -0.05) is 0 Å². The van der Waals surface area contributed by atoms with Gasteiger partial charge < -0.3 is 9.88 Å². The average molecular weight is 521 g/mol. The van der Waals surface area contributed by atoms with E-state index in [9.17, 15) is 30.4 Å². The fraction of sp³-hybridized carbons (Fsp3) is 0.450. The number of nitrogens with one attached hydrogen (secondary N) is 2. The number of carbonyl (C=O) groups is 1. The van der Waals surface area contributed by atoms with Gasteiger partial charge in [-0.05, 0) is 37.8 Å². The molecular weight excluding hydrogens is 497 g/mol. The molecule has 186 valence electrons. The van der Waals surface area contributed by atoms with Crippen LogP contribution in [-0.4, -0.2) is 56.0 Å². The van der Waals surface area contributed by atoms with Crippen LogP contribution in [0.15, 0.2) is 29.3 Å². The second-order valence-electron chi connectivity index (χ2n) is 8.52. The zero-order valence-corrected chi connectivity index (χ0v) is 19.9. The summed E-state index contributed by atoms with van der Waals surface area (Å²) in [7, 11) is -6.51. The van der Waals surface area contributed by atoms with Crippen molar-refractivity contribution in [3.05, 3.63) is 47.5 Å². The number of amides is 1. The van der Waals surface area contributed by atoms with Crippen molar-refractivity contribution in [2.24, 2.45) is 13.0 Å². The molecule has 1 aromatic heterocycles. The Balaban J connectivity index is 1.52. The second kappa shape index (κ2) is 8.36. The van der Waals surface area contributed by atoms with Crippen molar-refractivity contribution in [1.29, 1.82) is 0 Å². The normalized spacial score (nSPS) is 22.9. The first-order chi connectivity index (χ1) is 15.8. The summed E-state index contributed by atoms with van der Waals surface area (Å²) >= 11 is 0. The zero-order valence-electron chi connectivity index (χ0n) is 18.3. The number of rotatable bonds is 7. The Morgan fingerprint density at radius 1 is 1.18 bits per heavy atom. The molecule has 1 saturated carbocycles. The molecule has 1 aliphatic carbocycles. The van der Waals surface area contributed by atoms with E-state index in [0.717, 1.165) is 22.9 Å². The van der Waals surface area contributed by atoms with Crippen molar-refractivity contribution in [2.45, 2.75) is 30.2 Å². The third kappa shape index (κ3) is 4.34. The fourth-order valence-corrected chi connectivity index (χ4v) is 7.07. The fourth-order valence-electron chi connectivity index (χ4n) is 4.30. The van der Waals surface area contributed by atoms with Crippen LogP contribution < -0.4 is 10.0 Å². The van der Waals surface area contributed by atoms with Gasteiger partial charge in [0.1, 0.15) is 10.6 Å². The summed E-state index contributed by atoms with van der Waals surface area (Å²) < 4.78 is 96.6. The predicted molar refractivity (Wildman–Crippen MR) is 116 cm³/mol. The minimum absolute atomic E-state index is 0.0525. The van der Waals surface area contributed by atoms with Gasteiger partial charge in [-0.15, -0.1) is 0 Å². The smallest absolute Gasteiger partial charge is 0.275 e. The van der Waals surface area contributed by atoms with Crippen LogP contribution in [-0.2, 0) is 27.1 Å². The SMILES string of the molecule is CCS(=O)(=O)N1CCC2(NS(=O)(=O)c3cn(C)c(C(=O)Nc4ccc(F)c(F)c4)c3F)CC2C1. The lowest BCUT2D eigenvalue weighted by Gasteiger charge is -2.30. The summed E-state index contributed by atoms with van der Waals surface area (Å²) in [5.41, 5.74) is -1.62. The van der Waals surface area contributed by atoms with Gasteiger partial charge in [-0.3, -0.25) is 4.79 Å². The van der Waals surface area contributed by atoms with Crippen LogP contribution in [0, 0.1) is 23.4 Å². The molecule has 0 radical (unpaired) electrons. The molecule has 1 saturated heterocycles. The van der Waals surface area contributed by atoms with Crippen molar-refractivity contribution >= 4 is 31.6 Å². The maximum atomic E-state index is 15.1. The quantitative estimate of drug-likeness (QED) is 0.577. The molecule has 9 nitrogen and oxygen atoms in total. The van der Waals surface area contributed by atoms with Gasteiger partial charge in [0.15, 0.2) is 17.5 Å². The van der Waals surface area contributed by atoms with E-state index in [-0.39, 0.29) is 36.9 Å². The van der Waals surface area contributed by atoms with Crippen LogP contribution in [0.25, 0.3) is 0 Å². The summed E-state index contributed by atoms with van der Waals surface area (Å²) in [6.45, 7) is 1.86. The molecule has 2 aliphatic rings. The highest BCUT2D eigenvalue weighted by atomic mass is 32.2. The Morgan fingerprint density at radius 3 is 2.50 bits per heavy atom. The van der Waals surface area contributed by atoms with Gasteiger partial charge in [0.25, 0.3) is 5.91 Å². The minimum Gasteiger partial charge on any atom is -0.343 e. The number of hydrogen-bond donors (Lipinski definition) is 2. The van der Waals surface area contributed by atoms with Crippen molar-refractivity contribution in [3.8, 4) is 0 Å². The molecule has 14 heteroatoms. The lowest BCUT2D eigenvalue weighted by Crippen LogP contribution is -2.48. The Morgan fingerprint density at radius 2 is 1.88 bits per heavy atom. The molecule has 2 heterocycles. The van der Waals surface area contributed by atoms with Gasteiger partial charge in [0, 0.05) is 43.6 Å². The molecule has 4 rings (SSSR count). The molecule has 2 aromatic rings. The number of aromatic nitrogens is 1. The Bertz CT molecular complexity index is 1380. The average Bonchev–Trinajstić information content (AvgIpc) is 3.37. The van der Waals surface area contributed by atoms with Gasteiger partial charge >= 0.3 is 0 Å². The van der Waals surface area contributed by atoms with Gasteiger partial charge in [0.2, 0.25) is 20.0 Å². The molecule has 2 fully saturated rings. The van der Waals surface area contributed by atoms with Crippen LogP contribution in [0.2, 0.25) is 0 Å². The summed E-state index contributed by atoms with van der Waals surface area (Å²) in [5, 5.41) is 2.21. The zero-order chi connectivity index (χ0) is 25.1. The number of benzene rings is 1. The van der Waals surface area contributed by atoms with E-state index in [1.54, 1.807) is 0 Å². The van der Waals surface area contributed by atoms with E-state index in [0.29, 0.717) is 12.5 Å². The van der Waals surface area contributed by atoms with E-state index in [1.165, 1.54) is 18.3 Å². The molecule has 1 aliphatic heterocycles. The number of nitrogens with zero attached hydrogens (tertiary/aromatic N) is 2. The molecule has 2 atom stereocenters. The molecule has 2 N–H and O–H groups in total. The first kappa shape index (κ1) is 24.7. The predicted octanol–water partition coefficient (Wildman–Crippen LogP) is 1.79. The molecule has 1 amide bonds. The number of carbonyl (C=O) groups excluding carboxylic acids is 1. The summed E-state index contributed by atoms with van der Waals surface area (Å²) in [5.74, 6) is -4.97. The van der Waals surface area contributed by atoms with Crippen molar-refractivity contribution < 1.29 is 34.8 Å². The van der Waals surface area contributed by atoms with Crippen molar-refractivity contribution in [3.63, 3.8) is 0 Å². The second-order valence-corrected chi connectivity index (χ2v) is 12.4. The first-order valence-electron chi connectivity index (χ1n) is 10.4. The highest BCUT2D eigenvalue weighted by molar-refractivity contribution is 7.89. The molecule has 1 aromatic carbocycles. The third-order valence-corrected chi connectivity index (χ3v) is 9.72. The van der Waals surface area contributed by atoms with E-state index in [2.05, 4.69) is 10.0 Å². The number of piperidine rings is 1. The van der Waals surface area contributed by atoms with E-state index >= 15 is 4.39 Å². The van der Waals surface area contributed by atoms with E-state index in [1.807, 2.05) is 0 Å². The van der Waals surface area contributed by atoms with Crippen LogP contribution >= 0.6 is 0 Å². The van der Waals surface area contributed by atoms with Crippen molar-refractivity contribution in [1.82, 2.24) is 13.6 Å². The highest BCUT2D eigenvalue weighted by Gasteiger charge is 2.60. The summed E-state index contributed by atoms with van der Waals surface area (Å²) in [6, 6.07) is 2.58. The van der Waals surface area contributed by atoms with Gasteiger partial charge in [-0.25, -0.2) is 39.0 Å². The number of fused-ring (bicyclic) bond motifs is 1. The lowest BCUT2D eigenvalue weighted by molar-refractivity contribution is 0.101. The minimum atomic E-state index is -4.39. The monoisotopic (exact) mass is 520 g/mol.